The van der Waals surface area contributed by atoms with Crippen LogP contribution < -0.4 is 10.1 Å². The third-order valence-electron chi connectivity index (χ3n) is 5.31. The number of nitrogens with zero attached hydrogens (tertiary/aromatic N) is 4. The van der Waals surface area contributed by atoms with Gasteiger partial charge in [0.1, 0.15) is 17.9 Å². The zero-order valence-corrected chi connectivity index (χ0v) is 16.4. The van der Waals surface area contributed by atoms with Gasteiger partial charge >= 0.3 is 0 Å². The Kier molecular flexibility index (Phi) is 4.66. The second-order valence-electron chi connectivity index (χ2n) is 7.37. The number of benzene rings is 2. The molecule has 1 aliphatic carbocycles. The number of halogens is 1. The number of ether oxygens (including phenoxy) is 1. The van der Waals surface area contributed by atoms with E-state index in [1.807, 2.05) is 0 Å². The molecule has 2 aromatic heterocycles. The van der Waals surface area contributed by atoms with Crippen LogP contribution in [0.25, 0.3) is 5.82 Å². The maximum absolute atomic E-state index is 13.2. The first kappa shape index (κ1) is 18.9. The van der Waals surface area contributed by atoms with Gasteiger partial charge in [0.05, 0.1) is 5.41 Å². The maximum Gasteiger partial charge on any atom is 0.238 e. The SMILES string of the molecule is O=C(Nc1ccc(Oc2ccc(-n3ccnc3)nn2)cc1)C1(c2ccc(F)cc2)CC1. The number of carbonyl (C=O) groups excluding carboxylic acids is 1. The molecule has 154 valence electrons. The molecular formula is C23H18FN5O2. The van der Waals surface area contributed by atoms with Crippen LogP contribution in [0.2, 0.25) is 0 Å². The van der Waals surface area contributed by atoms with Gasteiger partial charge in [0, 0.05) is 24.1 Å². The van der Waals surface area contributed by atoms with Crippen molar-refractivity contribution in [2.75, 3.05) is 5.32 Å². The van der Waals surface area contributed by atoms with Crippen molar-refractivity contribution < 1.29 is 13.9 Å². The topological polar surface area (TPSA) is 81.9 Å². The molecule has 1 fully saturated rings. The first-order chi connectivity index (χ1) is 15.1. The average molecular weight is 415 g/mol. The highest BCUT2D eigenvalue weighted by molar-refractivity contribution is 6.01. The molecule has 2 aromatic carbocycles. The Bertz CT molecular complexity index is 1190. The van der Waals surface area contributed by atoms with Crippen molar-refractivity contribution in [3.05, 3.63) is 90.8 Å². The van der Waals surface area contributed by atoms with Crippen molar-refractivity contribution >= 4 is 11.6 Å². The molecule has 4 aromatic rings. The summed E-state index contributed by atoms with van der Waals surface area (Å²) in [7, 11) is 0. The van der Waals surface area contributed by atoms with Gasteiger partial charge in [-0.2, -0.15) is 0 Å². The van der Waals surface area contributed by atoms with Crippen LogP contribution in [0.1, 0.15) is 18.4 Å². The molecule has 1 N–H and O–H groups in total. The summed E-state index contributed by atoms with van der Waals surface area (Å²) >= 11 is 0. The van der Waals surface area contributed by atoms with E-state index in [-0.39, 0.29) is 11.7 Å². The van der Waals surface area contributed by atoms with Gasteiger partial charge in [0.25, 0.3) is 0 Å². The first-order valence-corrected chi connectivity index (χ1v) is 9.80. The van der Waals surface area contributed by atoms with Gasteiger partial charge in [-0.05, 0) is 60.9 Å². The lowest BCUT2D eigenvalue weighted by atomic mass is 9.95. The number of hydrogen-bond donors (Lipinski definition) is 1. The number of rotatable bonds is 6. The summed E-state index contributed by atoms with van der Waals surface area (Å²) in [4.78, 5) is 16.8. The van der Waals surface area contributed by atoms with Crippen LogP contribution >= 0.6 is 0 Å². The highest BCUT2D eigenvalue weighted by Gasteiger charge is 2.51. The van der Waals surface area contributed by atoms with E-state index < -0.39 is 5.41 Å². The number of imidazole rings is 1. The Morgan fingerprint density at radius 3 is 2.39 bits per heavy atom. The van der Waals surface area contributed by atoms with Crippen LogP contribution in [0.4, 0.5) is 10.1 Å². The van der Waals surface area contributed by atoms with Gasteiger partial charge in [-0.1, -0.05) is 12.1 Å². The Hall–Kier alpha value is -4.07. The molecule has 1 saturated carbocycles. The fourth-order valence-electron chi connectivity index (χ4n) is 3.42. The molecule has 0 aliphatic heterocycles. The number of anilines is 1. The zero-order chi connectivity index (χ0) is 21.3. The molecular weight excluding hydrogens is 397 g/mol. The van der Waals surface area contributed by atoms with E-state index in [1.54, 1.807) is 71.8 Å². The third kappa shape index (κ3) is 3.87. The van der Waals surface area contributed by atoms with E-state index in [0.717, 1.165) is 18.4 Å². The molecule has 0 bridgehead atoms. The predicted octanol–water partition coefficient (Wildman–Crippen LogP) is 4.26. The van der Waals surface area contributed by atoms with Crippen molar-refractivity contribution in [3.63, 3.8) is 0 Å². The minimum atomic E-state index is -0.574. The molecule has 5 rings (SSSR count). The van der Waals surface area contributed by atoms with Crippen LogP contribution in [-0.2, 0) is 10.2 Å². The molecule has 0 spiro atoms. The Balaban J connectivity index is 1.23. The Morgan fingerprint density at radius 1 is 1.00 bits per heavy atom. The number of nitrogens with one attached hydrogen (secondary N) is 1. The minimum absolute atomic E-state index is 0.0891. The molecule has 0 saturated heterocycles. The van der Waals surface area contributed by atoms with Gasteiger partial charge in [-0.3, -0.25) is 9.36 Å². The smallest absolute Gasteiger partial charge is 0.238 e. The standard InChI is InChI=1S/C23H18FN5O2/c24-17-3-1-16(2-4-17)23(11-12-23)22(30)26-18-5-7-19(8-6-18)31-21-10-9-20(27-28-21)29-14-13-25-15-29/h1-10,13-15H,11-12H2,(H,26,30). The van der Waals surface area contributed by atoms with Gasteiger partial charge in [-0.15, -0.1) is 10.2 Å². The van der Waals surface area contributed by atoms with E-state index in [1.165, 1.54) is 12.1 Å². The fraction of sp³-hybridized carbons (Fsp3) is 0.130. The highest BCUT2D eigenvalue weighted by Crippen LogP contribution is 2.49. The maximum atomic E-state index is 13.2. The molecule has 0 atom stereocenters. The van der Waals surface area contributed by atoms with Crippen LogP contribution in [0.5, 0.6) is 11.6 Å². The second-order valence-corrected chi connectivity index (χ2v) is 7.37. The lowest BCUT2D eigenvalue weighted by Crippen LogP contribution is -2.27. The third-order valence-corrected chi connectivity index (χ3v) is 5.31. The van der Waals surface area contributed by atoms with Gasteiger partial charge < -0.3 is 10.1 Å². The highest BCUT2D eigenvalue weighted by atomic mass is 19.1. The summed E-state index contributed by atoms with van der Waals surface area (Å²) < 4.78 is 20.7. The molecule has 1 amide bonds. The van der Waals surface area contributed by atoms with Crippen LogP contribution in [0.3, 0.4) is 0 Å². The van der Waals surface area contributed by atoms with E-state index in [9.17, 15) is 9.18 Å². The van der Waals surface area contributed by atoms with Gasteiger partial charge in [-0.25, -0.2) is 9.37 Å². The van der Waals surface area contributed by atoms with Crippen molar-refractivity contribution in [1.29, 1.82) is 0 Å². The van der Waals surface area contributed by atoms with Crippen molar-refractivity contribution in [1.82, 2.24) is 19.7 Å². The van der Waals surface area contributed by atoms with Gasteiger partial charge in [0.2, 0.25) is 11.8 Å². The molecule has 7 nitrogen and oxygen atoms in total. The Morgan fingerprint density at radius 2 is 1.77 bits per heavy atom. The van der Waals surface area contributed by atoms with Crippen molar-refractivity contribution in [2.24, 2.45) is 0 Å². The lowest BCUT2D eigenvalue weighted by molar-refractivity contribution is -0.118. The largest absolute Gasteiger partial charge is 0.438 e. The molecule has 31 heavy (non-hydrogen) atoms. The zero-order valence-electron chi connectivity index (χ0n) is 16.4. The van der Waals surface area contributed by atoms with E-state index in [4.69, 9.17) is 4.74 Å². The van der Waals surface area contributed by atoms with Gasteiger partial charge in [0.15, 0.2) is 5.82 Å². The van der Waals surface area contributed by atoms with Crippen LogP contribution in [0.15, 0.2) is 79.4 Å². The number of hydrogen-bond acceptors (Lipinski definition) is 5. The van der Waals surface area contributed by atoms with Crippen LogP contribution in [-0.4, -0.2) is 25.7 Å². The molecule has 2 heterocycles. The quantitative estimate of drug-likeness (QED) is 0.509. The lowest BCUT2D eigenvalue weighted by Gasteiger charge is -2.16. The normalized spacial score (nSPS) is 14.1. The molecule has 1 aliphatic rings. The summed E-state index contributed by atoms with van der Waals surface area (Å²) in [5, 5.41) is 11.1. The second kappa shape index (κ2) is 7.64. The minimum Gasteiger partial charge on any atom is -0.438 e. The summed E-state index contributed by atoms with van der Waals surface area (Å²) in [6, 6.07) is 16.7. The number of carbonyl (C=O) groups is 1. The number of aromatic nitrogens is 4. The average Bonchev–Trinajstić information content (AvgIpc) is 3.42. The number of amides is 1. The molecule has 0 radical (unpaired) electrons. The summed E-state index contributed by atoms with van der Waals surface area (Å²) in [6.45, 7) is 0. The Labute approximate surface area is 177 Å². The van der Waals surface area contributed by atoms with E-state index >= 15 is 0 Å². The van der Waals surface area contributed by atoms with E-state index in [0.29, 0.717) is 23.1 Å². The fourth-order valence-corrected chi connectivity index (χ4v) is 3.42. The first-order valence-electron chi connectivity index (χ1n) is 9.80. The van der Waals surface area contributed by atoms with Crippen LogP contribution in [0, 0.1) is 5.82 Å². The predicted molar refractivity (Wildman–Crippen MR) is 112 cm³/mol. The molecule has 8 heteroatoms. The monoisotopic (exact) mass is 415 g/mol. The van der Waals surface area contributed by atoms with Crippen molar-refractivity contribution in [2.45, 2.75) is 18.3 Å². The molecule has 0 unspecified atom stereocenters. The summed E-state index contributed by atoms with van der Waals surface area (Å²) in [5.74, 6) is 1.17. The summed E-state index contributed by atoms with van der Waals surface area (Å²) in [6.07, 6.45) is 6.58. The van der Waals surface area contributed by atoms with Crippen molar-refractivity contribution in [3.8, 4) is 17.4 Å². The summed E-state index contributed by atoms with van der Waals surface area (Å²) in [5.41, 5.74) is 0.923. The van der Waals surface area contributed by atoms with E-state index in [2.05, 4.69) is 20.5 Å².